The van der Waals surface area contributed by atoms with Crippen LogP contribution in [-0.2, 0) is 6.54 Å². The Hall–Kier alpha value is -1.75. The molecule has 0 heterocycles. The van der Waals surface area contributed by atoms with Crippen LogP contribution in [0.4, 0.5) is 0 Å². The zero-order valence-electron chi connectivity index (χ0n) is 11.9. The summed E-state index contributed by atoms with van der Waals surface area (Å²) in [6.07, 6.45) is 5.37. The monoisotopic (exact) mass is 277 g/mol. The second kappa shape index (κ2) is 7.14. The number of oxime groups is 1. The van der Waals surface area contributed by atoms with Gasteiger partial charge < -0.3 is 21.0 Å². The quantitative estimate of drug-likeness (QED) is 0.223. The summed E-state index contributed by atoms with van der Waals surface area (Å²) >= 11 is 0. The van der Waals surface area contributed by atoms with E-state index < -0.39 is 0 Å². The van der Waals surface area contributed by atoms with Gasteiger partial charge in [0.1, 0.15) is 5.75 Å². The van der Waals surface area contributed by atoms with Crippen molar-refractivity contribution >= 4 is 5.84 Å². The highest BCUT2D eigenvalue weighted by molar-refractivity contribution is 5.97. The van der Waals surface area contributed by atoms with Gasteiger partial charge in [0, 0.05) is 17.7 Å². The molecular formula is C15H23N3O2. The summed E-state index contributed by atoms with van der Waals surface area (Å²) in [6, 6.07) is 5.51. The van der Waals surface area contributed by atoms with E-state index in [1.54, 1.807) is 13.2 Å². The number of ether oxygens (including phenoxy) is 1. The maximum atomic E-state index is 8.73. The van der Waals surface area contributed by atoms with Crippen LogP contribution in [0.1, 0.15) is 36.8 Å². The van der Waals surface area contributed by atoms with Gasteiger partial charge in [-0.15, -0.1) is 0 Å². The van der Waals surface area contributed by atoms with Crippen molar-refractivity contribution in [1.29, 1.82) is 0 Å². The molecule has 1 aromatic carbocycles. The molecule has 2 rings (SSSR count). The highest BCUT2D eigenvalue weighted by atomic mass is 16.5. The summed E-state index contributed by atoms with van der Waals surface area (Å²) < 4.78 is 5.34. The number of hydrogen-bond acceptors (Lipinski definition) is 4. The van der Waals surface area contributed by atoms with Crippen LogP contribution >= 0.6 is 0 Å². The summed E-state index contributed by atoms with van der Waals surface area (Å²) in [5.74, 6) is 1.91. The summed E-state index contributed by atoms with van der Waals surface area (Å²) in [6.45, 7) is 1.73. The molecule has 5 heteroatoms. The molecule has 4 N–H and O–H groups in total. The molecule has 0 radical (unpaired) electrons. The molecule has 0 bridgehead atoms. The van der Waals surface area contributed by atoms with E-state index >= 15 is 0 Å². The van der Waals surface area contributed by atoms with Gasteiger partial charge in [0.05, 0.1) is 7.11 Å². The number of nitrogens with two attached hydrogens (primary N) is 1. The van der Waals surface area contributed by atoms with Gasteiger partial charge in [-0.3, -0.25) is 0 Å². The lowest BCUT2D eigenvalue weighted by Crippen LogP contribution is -2.17. The first kappa shape index (κ1) is 14.7. The fourth-order valence-electron chi connectivity index (χ4n) is 2.28. The molecule has 0 atom stereocenters. The van der Waals surface area contributed by atoms with Crippen LogP contribution in [0, 0.1) is 5.92 Å². The Morgan fingerprint density at radius 1 is 1.50 bits per heavy atom. The van der Waals surface area contributed by atoms with E-state index in [2.05, 4.69) is 10.5 Å². The Balaban J connectivity index is 1.89. The van der Waals surface area contributed by atoms with Gasteiger partial charge in [-0.05, 0) is 43.5 Å². The Morgan fingerprint density at radius 3 is 2.95 bits per heavy atom. The van der Waals surface area contributed by atoms with Crippen molar-refractivity contribution in [3.8, 4) is 5.75 Å². The third kappa shape index (κ3) is 4.13. The molecule has 0 spiro atoms. The van der Waals surface area contributed by atoms with Crippen LogP contribution in [0.5, 0.6) is 5.75 Å². The van der Waals surface area contributed by atoms with Crippen LogP contribution in [0.3, 0.4) is 0 Å². The number of methoxy groups -OCH3 is 1. The van der Waals surface area contributed by atoms with Gasteiger partial charge in [0.15, 0.2) is 5.84 Å². The predicted octanol–water partition coefficient (Wildman–Crippen LogP) is 2.07. The van der Waals surface area contributed by atoms with Crippen LogP contribution < -0.4 is 15.8 Å². The van der Waals surface area contributed by atoms with Gasteiger partial charge in [-0.2, -0.15) is 0 Å². The van der Waals surface area contributed by atoms with E-state index in [9.17, 15) is 0 Å². The second-order valence-electron chi connectivity index (χ2n) is 5.27. The van der Waals surface area contributed by atoms with E-state index in [4.69, 9.17) is 15.7 Å². The van der Waals surface area contributed by atoms with Crippen molar-refractivity contribution in [3.05, 3.63) is 29.3 Å². The van der Waals surface area contributed by atoms with E-state index in [0.29, 0.717) is 5.56 Å². The van der Waals surface area contributed by atoms with Crippen LogP contribution in [0.2, 0.25) is 0 Å². The minimum atomic E-state index is 0.114. The van der Waals surface area contributed by atoms with E-state index in [0.717, 1.165) is 30.3 Å². The smallest absolute Gasteiger partial charge is 0.170 e. The molecule has 5 nitrogen and oxygen atoms in total. The molecule has 1 aromatic rings. The van der Waals surface area contributed by atoms with Crippen molar-refractivity contribution < 1.29 is 9.94 Å². The Kier molecular flexibility index (Phi) is 5.24. The molecule has 1 saturated carbocycles. The topological polar surface area (TPSA) is 79.9 Å². The van der Waals surface area contributed by atoms with Gasteiger partial charge in [-0.25, -0.2) is 0 Å². The third-order valence-corrected chi connectivity index (χ3v) is 3.66. The molecule has 0 aromatic heterocycles. The number of amidine groups is 1. The predicted molar refractivity (Wildman–Crippen MR) is 79.2 cm³/mol. The van der Waals surface area contributed by atoms with Crippen LogP contribution in [0.15, 0.2) is 23.4 Å². The highest BCUT2D eigenvalue weighted by Gasteiger charge is 2.19. The van der Waals surface area contributed by atoms with E-state index in [1.165, 1.54) is 25.7 Å². The Bertz CT molecular complexity index is 470. The molecule has 1 aliphatic carbocycles. The number of benzene rings is 1. The number of rotatable bonds is 8. The fraction of sp³-hybridized carbons (Fsp3) is 0.533. The van der Waals surface area contributed by atoms with Crippen molar-refractivity contribution in [3.63, 3.8) is 0 Å². The second-order valence-corrected chi connectivity index (χ2v) is 5.27. The Morgan fingerprint density at radius 2 is 2.30 bits per heavy atom. The summed E-state index contributed by atoms with van der Waals surface area (Å²) in [7, 11) is 1.65. The van der Waals surface area contributed by atoms with E-state index in [1.807, 2.05) is 12.1 Å². The molecular weight excluding hydrogens is 254 g/mol. The van der Waals surface area contributed by atoms with Crippen molar-refractivity contribution in [1.82, 2.24) is 5.32 Å². The molecule has 0 aliphatic heterocycles. The summed E-state index contributed by atoms with van der Waals surface area (Å²) in [5.41, 5.74) is 7.32. The SMILES string of the molecule is COc1ccc(/C(N)=N/O)cc1CNCCCC1CC1. The molecule has 0 unspecified atom stereocenters. The molecule has 110 valence electrons. The first-order chi connectivity index (χ1) is 9.74. The number of hydrogen-bond donors (Lipinski definition) is 3. The van der Waals surface area contributed by atoms with Gasteiger partial charge in [0.25, 0.3) is 0 Å². The first-order valence-corrected chi connectivity index (χ1v) is 7.10. The average Bonchev–Trinajstić information content (AvgIpc) is 3.30. The zero-order valence-corrected chi connectivity index (χ0v) is 11.9. The molecule has 20 heavy (non-hydrogen) atoms. The molecule has 1 aliphatic rings. The first-order valence-electron chi connectivity index (χ1n) is 7.10. The normalized spacial score (nSPS) is 15.3. The maximum Gasteiger partial charge on any atom is 0.170 e. The lowest BCUT2D eigenvalue weighted by molar-refractivity contribution is 0.318. The number of nitrogens with zero attached hydrogens (tertiary/aromatic N) is 1. The van der Waals surface area contributed by atoms with Gasteiger partial charge in [-0.1, -0.05) is 18.0 Å². The average molecular weight is 277 g/mol. The summed E-state index contributed by atoms with van der Waals surface area (Å²) in [4.78, 5) is 0. The lowest BCUT2D eigenvalue weighted by Gasteiger charge is -2.11. The molecule has 0 saturated heterocycles. The minimum absolute atomic E-state index is 0.114. The van der Waals surface area contributed by atoms with Gasteiger partial charge >= 0.3 is 0 Å². The summed E-state index contributed by atoms with van der Waals surface area (Å²) in [5, 5.41) is 15.2. The third-order valence-electron chi connectivity index (χ3n) is 3.66. The minimum Gasteiger partial charge on any atom is -0.496 e. The van der Waals surface area contributed by atoms with E-state index in [-0.39, 0.29) is 5.84 Å². The maximum absolute atomic E-state index is 8.73. The Labute approximate surface area is 119 Å². The standard InChI is InChI=1S/C15H23N3O2/c1-20-14-7-6-12(15(16)18-19)9-13(14)10-17-8-2-3-11-4-5-11/h6-7,9,11,17,19H,2-5,8,10H2,1H3,(H2,16,18). The van der Waals surface area contributed by atoms with Gasteiger partial charge in [0.2, 0.25) is 0 Å². The largest absolute Gasteiger partial charge is 0.496 e. The molecule has 0 amide bonds. The van der Waals surface area contributed by atoms with Crippen molar-refractivity contribution in [2.75, 3.05) is 13.7 Å². The van der Waals surface area contributed by atoms with Crippen LogP contribution in [0.25, 0.3) is 0 Å². The lowest BCUT2D eigenvalue weighted by atomic mass is 10.1. The fourth-order valence-corrected chi connectivity index (χ4v) is 2.28. The zero-order chi connectivity index (χ0) is 14.4. The highest BCUT2D eigenvalue weighted by Crippen LogP contribution is 2.33. The molecule has 1 fully saturated rings. The van der Waals surface area contributed by atoms with Crippen molar-refractivity contribution in [2.45, 2.75) is 32.2 Å². The van der Waals surface area contributed by atoms with Crippen LogP contribution in [-0.4, -0.2) is 24.7 Å². The number of nitrogens with one attached hydrogen (secondary N) is 1. The van der Waals surface area contributed by atoms with Crippen molar-refractivity contribution in [2.24, 2.45) is 16.8 Å².